The van der Waals surface area contributed by atoms with Crippen molar-refractivity contribution in [2.45, 2.75) is 19.3 Å². The molecule has 0 unspecified atom stereocenters. The van der Waals surface area contributed by atoms with Crippen LogP contribution in [-0.2, 0) is 6.42 Å². The number of fused-ring (bicyclic) bond motifs is 1. The van der Waals surface area contributed by atoms with E-state index in [1.54, 1.807) is 7.11 Å². The predicted octanol–water partition coefficient (Wildman–Crippen LogP) is -1.25. The highest BCUT2D eigenvalue weighted by atomic mass is 35.5. The fourth-order valence-electron chi connectivity index (χ4n) is 1.98. The SMILES string of the molecule is COc1ccc2[nH]cc(CCCC[NH3+])c2c1.[Cl-]. The molecule has 0 saturated carbocycles. The van der Waals surface area contributed by atoms with Crippen molar-refractivity contribution >= 4 is 10.9 Å². The van der Waals surface area contributed by atoms with Gasteiger partial charge in [0.2, 0.25) is 0 Å². The summed E-state index contributed by atoms with van der Waals surface area (Å²) in [6, 6.07) is 6.16. The Kier molecular flexibility index (Phi) is 5.32. The van der Waals surface area contributed by atoms with Crippen LogP contribution >= 0.6 is 0 Å². The Morgan fingerprint density at radius 3 is 2.82 bits per heavy atom. The maximum Gasteiger partial charge on any atom is 0.119 e. The fraction of sp³-hybridized carbons (Fsp3) is 0.385. The Morgan fingerprint density at radius 2 is 2.12 bits per heavy atom. The van der Waals surface area contributed by atoms with Gasteiger partial charge in [0.1, 0.15) is 5.75 Å². The van der Waals surface area contributed by atoms with Gasteiger partial charge in [-0.05, 0) is 43.0 Å². The van der Waals surface area contributed by atoms with Crippen molar-refractivity contribution < 1.29 is 22.9 Å². The molecule has 94 valence electrons. The van der Waals surface area contributed by atoms with Crippen molar-refractivity contribution in [2.75, 3.05) is 13.7 Å². The molecular formula is C13H19ClN2O. The van der Waals surface area contributed by atoms with Gasteiger partial charge in [0.25, 0.3) is 0 Å². The van der Waals surface area contributed by atoms with E-state index in [0.717, 1.165) is 18.7 Å². The van der Waals surface area contributed by atoms with Crippen molar-refractivity contribution in [1.82, 2.24) is 4.98 Å². The van der Waals surface area contributed by atoms with Crippen LogP contribution in [-0.4, -0.2) is 18.6 Å². The fourth-order valence-corrected chi connectivity index (χ4v) is 1.98. The number of nitrogens with one attached hydrogen (secondary N) is 1. The van der Waals surface area contributed by atoms with Crippen molar-refractivity contribution in [1.29, 1.82) is 0 Å². The van der Waals surface area contributed by atoms with Crippen LogP contribution in [0.1, 0.15) is 18.4 Å². The Bertz CT molecular complexity index is 467. The molecule has 0 aliphatic rings. The minimum absolute atomic E-state index is 0. The molecule has 4 heteroatoms. The van der Waals surface area contributed by atoms with Crippen LogP contribution in [0, 0.1) is 0 Å². The van der Waals surface area contributed by atoms with Crippen molar-refractivity contribution in [2.24, 2.45) is 0 Å². The lowest BCUT2D eigenvalue weighted by Gasteiger charge is -2.01. The molecule has 2 aromatic rings. The molecule has 0 fully saturated rings. The molecular weight excluding hydrogens is 236 g/mol. The van der Waals surface area contributed by atoms with Gasteiger partial charge >= 0.3 is 0 Å². The highest BCUT2D eigenvalue weighted by Gasteiger charge is 2.04. The number of aromatic nitrogens is 1. The predicted molar refractivity (Wildman–Crippen MR) is 65.5 cm³/mol. The average Bonchev–Trinajstić information content (AvgIpc) is 2.72. The molecule has 0 amide bonds. The molecule has 1 aromatic heterocycles. The van der Waals surface area contributed by atoms with Crippen LogP contribution in [0.4, 0.5) is 0 Å². The molecule has 2 rings (SSSR count). The third-order valence-electron chi connectivity index (χ3n) is 2.92. The number of benzene rings is 1. The number of quaternary nitrogens is 1. The lowest BCUT2D eigenvalue weighted by atomic mass is 10.1. The average molecular weight is 255 g/mol. The van der Waals surface area contributed by atoms with E-state index < -0.39 is 0 Å². The van der Waals surface area contributed by atoms with E-state index in [1.807, 2.05) is 6.07 Å². The van der Waals surface area contributed by atoms with Gasteiger partial charge in [0.05, 0.1) is 13.7 Å². The highest BCUT2D eigenvalue weighted by molar-refractivity contribution is 5.84. The number of hydrogen-bond donors (Lipinski definition) is 2. The second kappa shape index (κ2) is 6.52. The van der Waals surface area contributed by atoms with Gasteiger partial charge in [-0.3, -0.25) is 0 Å². The first kappa shape index (κ1) is 13.9. The topological polar surface area (TPSA) is 52.7 Å². The Balaban J connectivity index is 0.00000144. The van der Waals surface area contributed by atoms with E-state index >= 15 is 0 Å². The zero-order valence-electron chi connectivity index (χ0n) is 10.1. The summed E-state index contributed by atoms with van der Waals surface area (Å²) < 4.78 is 5.25. The first-order valence-electron chi connectivity index (χ1n) is 5.78. The molecule has 0 radical (unpaired) electrons. The Labute approximate surface area is 108 Å². The van der Waals surface area contributed by atoms with Crippen LogP contribution in [0.2, 0.25) is 0 Å². The molecule has 0 saturated heterocycles. The molecule has 0 atom stereocenters. The summed E-state index contributed by atoms with van der Waals surface area (Å²) in [5.41, 5.74) is 6.43. The van der Waals surface area contributed by atoms with Crippen LogP contribution < -0.4 is 22.9 Å². The van der Waals surface area contributed by atoms with E-state index in [2.05, 4.69) is 29.0 Å². The second-order valence-corrected chi connectivity index (χ2v) is 4.04. The van der Waals surface area contributed by atoms with Gasteiger partial charge in [-0.2, -0.15) is 0 Å². The number of methoxy groups -OCH3 is 1. The third-order valence-corrected chi connectivity index (χ3v) is 2.92. The van der Waals surface area contributed by atoms with Crippen LogP contribution in [0.25, 0.3) is 10.9 Å². The molecule has 0 aliphatic heterocycles. The summed E-state index contributed by atoms with van der Waals surface area (Å²) in [6.07, 6.45) is 5.61. The molecule has 3 nitrogen and oxygen atoms in total. The largest absolute Gasteiger partial charge is 1.00 e. The number of unbranched alkanes of at least 4 members (excludes halogenated alkanes) is 1. The van der Waals surface area contributed by atoms with Crippen molar-refractivity contribution in [3.05, 3.63) is 30.0 Å². The number of H-pyrrole nitrogens is 1. The zero-order chi connectivity index (χ0) is 11.4. The number of hydrogen-bond acceptors (Lipinski definition) is 1. The molecule has 1 heterocycles. The van der Waals surface area contributed by atoms with Crippen LogP contribution in [0.5, 0.6) is 5.75 Å². The normalized spacial score (nSPS) is 10.2. The number of rotatable bonds is 5. The Morgan fingerprint density at radius 1 is 1.29 bits per heavy atom. The van der Waals surface area contributed by atoms with Crippen LogP contribution in [0.15, 0.2) is 24.4 Å². The number of aryl methyl sites for hydroxylation is 1. The van der Waals surface area contributed by atoms with E-state index in [4.69, 9.17) is 4.74 Å². The van der Waals surface area contributed by atoms with Gasteiger partial charge in [-0.25, -0.2) is 0 Å². The maximum atomic E-state index is 5.25. The summed E-state index contributed by atoms with van der Waals surface area (Å²) in [5, 5.41) is 1.28. The molecule has 0 spiro atoms. The second-order valence-electron chi connectivity index (χ2n) is 4.04. The quantitative estimate of drug-likeness (QED) is 0.644. The number of aromatic amines is 1. The maximum absolute atomic E-state index is 5.25. The van der Waals surface area contributed by atoms with Crippen molar-refractivity contribution in [3.63, 3.8) is 0 Å². The number of ether oxygens (including phenoxy) is 1. The summed E-state index contributed by atoms with van der Waals surface area (Å²) in [6.45, 7) is 1.02. The molecule has 0 bridgehead atoms. The van der Waals surface area contributed by atoms with Gasteiger partial charge in [0, 0.05) is 17.1 Å². The first-order chi connectivity index (χ1) is 7.85. The summed E-state index contributed by atoms with van der Waals surface area (Å²) in [4.78, 5) is 3.30. The standard InChI is InChI=1S/C13H18N2O.ClH/c1-16-11-5-6-13-12(8-11)10(9-15-13)4-2-3-7-14;/h5-6,8-9,15H,2-4,7,14H2,1H3;1H. The zero-order valence-corrected chi connectivity index (χ0v) is 10.9. The van der Waals surface area contributed by atoms with Gasteiger partial charge < -0.3 is 27.9 Å². The molecule has 1 aromatic carbocycles. The minimum atomic E-state index is 0. The highest BCUT2D eigenvalue weighted by Crippen LogP contribution is 2.24. The monoisotopic (exact) mass is 254 g/mol. The molecule has 17 heavy (non-hydrogen) atoms. The van der Waals surface area contributed by atoms with Gasteiger partial charge in [0.15, 0.2) is 0 Å². The van der Waals surface area contributed by atoms with E-state index in [1.165, 1.54) is 29.3 Å². The van der Waals surface area contributed by atoms with E-state index in [-0.39, 0.29) is 12.4 Å². The van der Waals surface area contributed by atoms with E-state index in [9.17, 15) is 0 Å². The minimum Gasteiger partial charge on any atom is -1.00 e. The van der Waals surface area contributed by atoms with E-state index in [0.29, 0.717) is 0 Å². The smallest absolute Gasteiger partial charge is 0.119 e. The van der Waals surface area contributed by atoms with Crippen molar-refractivity contribution in [3.8, 4) is 5.75 Å². The van der Waals surface area contributed by atoms with Gasteiger partial charge in [-0.15, -0.1) is 0 Å². The lowest BCUT2D eigenvalue weighted by molar-refractivity contribution is -0.368. The summed E-state index contributed by atoms with van der Waals surface area (Å²) >= 11 is 0. The Hall–Kier alpha value is -1.19. The van der Waals surface area contributed by atoms with Gasteiger partial charge in [-0.1, -0.05) is 0 Å². The lowest BCUT2D eigenvalue weighted by Crippen LogP contribution is -3.00. The summed E-state index contributed by atoms with van der Waals surface area (Å²) in [7, 11) is 1.70. The first-order valence-corrected chi connectivity index (χ1v) is 5.78. The molecule has 0 aliphatic carbocycles. The van der Waals surface area contributed by atoms with Crippen LogP contribution in [0.3, 0.4) is 0 Å². The third kappa shape index (κ3) is 3.14. The number of halogens is 1. The summed E-state index contributed by atoms with van der Waals surface area (Å²) in [5.74, 6) is 0.922. The molecule has 4 N–H and O–H groups in total.